The number of nitrogens with two attached hydrogens (primary N) is 2. The maximum Gasteiger partial charge on any atom is 0.319 e. The van der Waals surface area contributed by atoms with Crippen LogP contribution in [0.2, 0.25) is 0 Å². The maximum absolute atomic E-state index is 13.7. The number of carbonyl (C=O) groups excluding carboxylic acids is 2. The Hall–Kier alpha value is -3.40. The number of hydrogen-bond acceptors (Lipinski definition) is 5. The summed E-state index contributed by atoms with van der Waals surface area (Å²) in [6.07, 6.45) is 1.62. The van der Waals surface area contributed by atoms with E-state index in [2.05, 4.69) is 17.2 Å². The highest BCUT2D eigenvalue weighted by molar-refractivity contribution is 7.15. The molecule has 1 atom stereocenters. The molecule has 3 rings (SSSR count). The van der Waals surface area contributed by atoms with Crippen LogP contribution < -0.4 is 21.7 Å². The first-order valence-electron chi connectivity index (χ1n) is 8.85. The summed E-state index contributed by atoms with van der Waals surface area (Å²) in [6, 6.07) is 6.52. The van der Waals surface area contributed by atoms with Crippen molar-refractivity contribution in [2.24, 2.45) is 11.5 Å². The molecule has 0 unspecified atom stereocenters. The quantitative estimate of drug-likeness (QED) is 0.667. The van der Waals surface area contributed by atoms with Crippen molar-refractivity contribution < 1.29 is 14.0 Å². The number of primary amides is 2. The molecule has 0 radical (unpaired) electrons. The smallest absolute Gasteiger partial charge is 0.319 e. The minimum atomic E-state index is -0.683. The summed E-state index contributed by atoms with van der Waals surface area (Å²) in [5.74, 6) is 4.31. The minimum Gasteiger partial charge on any atom is -0.365 e. The van der Waals surface area contributed by atoms with Gasteiger partial charge < -0.3 is 16.8 Å². The Kier molecular flexibility index (Phi) is 6.13. The minimum absolute atomic E-state index is 0.0665. The molecule has 1 aliphatic rings. The zero-order valence-corrected chi connectivity index (χ0v) is 16.2. The maximum atomic E-state index is 13.7. The predicted octanol–water partition coefficient (Wildman–Crippen LogP) is 1.89. The monoisotopic (exact) mass is 411 g/mol. The van der Waals surface area contributed by atoms with E-state index in [0.717, 1.165) is 30.7 Å². The molecule has 1 aromatic heterocycles. The Bertz CT molecular complexity index is 1060. The van der Waals surface area contributed by atoms with Gasteiger partial charge in [0.2, 0.25) is 0 Å². The Labute approximate surface area is 171 Å². The van der Waals surface area contributed by atoms with E-state index >= 15 is 0 Å². The standard InChI is InChI=1S/C20H18FN5O2S/c21-16-8-12(3-5-13(16)10-22)4-6-15-9-17(18(29-15)19(23)27)26(20(24)28)14-2-1-7-25-11-14/h3,5,8-9,14,25H,1-2,7,11H2,(H2,23,27)(H2,24,28)/t14-/m0/s1. The van der Waals surface area contributed by atoms with Gasteiger partial charge in [-0.1, -0.05) is 11.8 Å². The summed E-state index contributed by atoms with van der Waals surface area (Å²) in [5, 5.41) is 12.0. The largest absolute Gasteiger partial charge is 0.365 e. The normalized spacial score (nSPS) is 15.7. The molecule has 3 amide bonds. The molecule has 0 aliphatic carbocycles. The van der Waals surface area contributed by atoms with E-state index in [1.165, 1.54) is 23.1 Å². The number of benzene rings is 1. The van der Waals surface area contributed by atoms with Crippen molar-refractivity contribution in [3.05, 3.63) is 51.0 Å². The van der Waals surface area contributed by atoms with Crippen LogP contribution in [0.5, 0.6) is 0 Å². The molecule has 1 aromatic carbocycles. The van der Waals surface area contributed by atoms with Crippen molar-refractivity contribution in [3.63, 3.8) is 0 Å². The second-order valence-corrected chi connectivity index (χ2v) is 7.51. The average molecular weight is 411 g/mol. The molecule has 1 saturated heterocycles. The number of piperidine rings is 1. The van der Waals surface area contributed by atoms with Crippen LogP contribution in [0, 0.1) is 29.0 Å². The summed E-state index contributed by atoms with van der Waals surface area (Å²) in [5.41, 5.74) is 11.7. The molecular weight excluding hydrogens is 393 g/mol. The van der Waals surface area contributed by atoms with E-state index in [1.54, 1.807) is 12.1 Å². The Balaban J connectivity index is 1.97. The van der Waals surface area contributed by atoms with Crippen molar-refractivity contribution in [2.45, 2.75) is 18.9 Å². The number of nitriles is 1. The number of nitrogens with zero attached hydrogens (tertiary/aromatic N) is 2. The summed E-state index contributed by atoms with van der Waals surface area (Å²) < 4.78 is 13.7. The molecule has 0 bridgehead atoms. The second kappa shape index (κ2) is 8.74. The molecule has 2 aromatic rings. The molecule has 0 saturated carbocycles. The lowest BCUT2D eigenvalue weighted by Crippen LogP contribution is -2.51. The van der Waals surface area contributed by atoms with Crippen LogP contribution >= 0.6 is 11.3 Å². The molecule has 5 N–H and O–H groups in total. The van der Waals surface area contributed by atoms with E-state index in [1.807, 2.05) is 0 Å². The molecule has 2 heterocycles. The molecular formula is C20H18FN5O2S. The van der Waals surface area contributed by atoms with Crippen LogP contribution in [-0.2, 0) is 0 Å². The van der Waals surface area contributed by atoms with Crippen LogP contribution in [0.3, 0.4) is 0 Å². The Morgan fingerprint density at radius 3 is 2.66 bits per heavy atom. The number of hydrogen-bond donors (Lipinski definition) is 3. The van der Waals surface area contributed by atoms with Crippen LogP contribution in [0.25, 0.3) is 0 Å². The predicted molar refractivity (Wildman–Crippen MR) is 108 cm³/mol. The van der Waals surface area contributed by atoms with Gasteiger partial charge in [-0.3, -0.25) is 9.69 Å². The molecule has 1 aliphatic heterocycles. The van der Waals surface area contributed by atoms with Gasteiger partial charge in [-0.25, -0.2) is 9.18 Å². The lowest BCUT2D eigenvalue weighted by atomic mass is 10.1. The van der Waals surface area contributed by atoms with Gasteiger partial charge in [0.1, 0.15) is 16.8 Å². The van der Waals surface area contributed by atoms with Crippen LogP contribution in [-0.4, -0.2) is 31.1 Å². The van der Waals surface area contributed by atoms with Crippen LogP contribution in [0.4, 0.5) is 14.9 Å². The van der Waals surface area contributed by atoms with E-state index in [0.29, 0.717) is 22.7 Å². The zero-order chi connectivity index (χ0) is 21.0. The van der Waals surface area contributed by atoms with Crippen molar-refractivity contribution in [2.75, 3.05) is 18.0 Å². The summed E-state index contributed by atoms with van der Waals surface area (Å²) >= 11 is 1.04. The molecule has 7 nitrogen and oxygen atoms in total. The topological polar surface area (TPSA) is 125 Å². The first-order valence-corrected chi connectivity index (χ1v) is 9.67. The fourth-order valence-corrected chi connectivity index (χ4v) is 4.02. The summed E-state index contributed by atoms with van der Waals surface area (Å²) in [7, 11) is 0. The average Bonchev–Trinajstić information content (AvgIpc) is 3.11. The third kappa shape index (κ3) is 4.54. The van der Waals surface area contributed by atoms with Crippen molar-refractivity contribution in [3.8, 4) is 17.9 Å². The van der Waals surface area contributed by atoms with Gasteiger partial charge in [0.25, 0.3) is 5.91 Å². The lowest BCUT2D eigenvalue weighted by Gasteiger charge is -2.33. The summed E-state index contributed by atoms with van der Waals surface area (Å²) in [4.78, 5) is 26.1. The number of thiophene rings is 1. The number of anilines is 1. The molecule has 0 spiro atoms. The molecule has 29 heavy (non-hydrogen) atoms. The number of nitrogens with one attached hydrogen (secondary N) is 1. The van der Waals surface area contributed by atoms with Crippen molar-refractivity contribution in [1.82, 2.24) is 5.32 Å². The SMILES string of the molecule is N#Cc1ccc(C#Cc2cc(N(C(N)=O)[C@H]3CCCNC3)c(C(N)=O)s2)cc1F. The van der Waals surface area contributed by atoms with Gasteiger partial charge in [0, 0.05) is 12.1 Å². The highest BCUT2D eigenvalue weighted by Gasteiger charge is 2.29. The van der Waals surface area contributed by atoms with Gasteiger partial charge in [0.05, 0.1) is 22.2 Å². The van der Waals surface area contributed by atoms with Crippen LogP contribution in [0.15, 0.2) is 24.3 Å². The first-order chi connectivity index (χ1) is 13.9. The van der Waals surface area contributed by atoms with E-state index in [-0.39, 0.29) is 16.5 Å². The first kappa shape index (κ1) is 20.3. The van der Waals surface area contributed by atoms with Gasteiger partial charge in [-0.15, -0.1) is 11.3 Å². The Morgan fingerprint density at radius 1 is 1.28 bits per heavy atom. The number of urea groups is 1. The number of carbonyl (C=O) groups is 2. The molecule has 148 valence electrons. The summed E-state index contributed by atoms with van der Waals surface area (Å²) in [6.45, 7) is 1.41. The fourth-order valence-electron chi connectivity index (χ4n) is 3.16. The van der Waals surface area contributed by atoms with E-state index in [4.69, 9.17) is 16.7 Å². The highest BCUT2D eigenvalue weighted by atomic mass is 32.1. The number of amides is 3. The zero-order valence-electron chi connectivity index (χ0n) is 15.4. The number of rotatable bonds is 3. The van der Waals surface area contributed by atoms with Gasteiger partial charge in [-0.2, -0.15) is 5.26 Å². The Morgan fingerprint density at radius 2 is 2.07 bits per heavy atom. The van der Waals surface area contributed by atoms with Gasteiger partial charge in [-0.05, 0) is 43.7 Å². The van der Waals surface area contributed by atoms with Crippen molar-refractivity contribution >= 4 is 29.0 Å². The van der Waals surface area contributed by atoms with E-state index in [9.17, 15) is 14.0 Å². The molecule has 1 fully saturated rings. The molecule has 9 heteroatoms. The van der Waals surface area contributed by atoms with Crippen LogP contribution in [0.1, 0.15) is 38.5 Å². The van der Waals surface area contributed by atoms with Crippen molar-refractivity contribution in [1.29, 1.82) is 5.26 Å². The van der Waals surface area contributed by atoms with Gasteiger partial charge in [0.15, 0.2) is 0 Å². The third-order valence-corrected chi connectivity index (χ3v) is 5.54. The highest BCUT2D eigenvalue weighted by Crippen LogP contribution is 2.32. The lowest BCUT2D eigenvalue weighted by molar-refractivity contribution is 0.100. The number of halogens is 1. The third-order valence-electron chi connectivity index (χ3n) is 4.49. The van der Waals surface area contributed by atoms with E-state index < -0.39 is 17.8 Å². The second-order valence-electron chi connectivity index (χ2n) is 6.45. The fraction of sp³-hybridized carbons (Fsp3) is 0.250. The van der Waals surface area contributed by atoms with Gasteiger partial charge >= 0.3 is 6.03 Å².